The summed E-state index contributed by atoms with van der Waals surface area (Å²) >= 11 is 0. The number of para-hydroxylation sites is 1. The second-order valence-corrected chi connectivity index (χ2v) is 6.13. The molecule has 0 saturated carbocycles. The Balaban J connectivity index is 1.48. The Morgan fingerprint density at radius 2 is 1.92 bits per heavy atom. The Morgan fingerprint density at radius 1 is 1.04 bits per heavy atom. The molecule has 0 unspecified atom stereocenters. The molecular formula is C20H17NO3. The molecule has 4 heteroatoms. The number of carbonyl (C=O) groups is 2. The number of ketones is 1. The van der Waals surface area contributed by atoms with Gasteiger partial charge in [0.05, 0.1) is 6.54 Å². The number of hydrogen-bond donors (Lipinski definition) is 1. The maximum Gasteiger partial charge on any atom is 0.251 e. The van der Waals surface area contributed by atoms with Crippen molar-refractivity contribution in [2.45, 2.75) is 25.8 Å². The Kier molecular flexibility index (Phi) is 3.65. The first-order valence-electron chi connectivity index (χ1n) is 8.08. The van der Waals surface area contributed by atoms with Crippen LogP contribution < -0.4 is 5.32 Å². The third-order valence-electron chi connectivity index (χ3n) is 4.43. The van der Waals surface area contributed by atoms with Gasteiger partial charge in [-0.2, -0.15) is 0 Å². The maximum absolute atomic E-state index is 12.4. The van der Waals surface area contributed by atoms with Gasteiger partial charge in [-0.05, 0) is 41.8 Å². The van der Waals surface area contributed by atoms with Gasteiger partial charge < -0.3 is 9.73 Å². The quantitative estimate of drug-likeness (QED) is 0.804. The van der Waals surface area contributed by atoms with Crippen LogP contribution in [0.2, 0.25) is 0 Å². The molecule has 0 saturated heterocycles. The first-order valence-corrected chi connectivity index (χ1v) is 8.08. The van der Waals surface area contributed by atoms with Crippen LogP contribution in [0.4, 0.5) is 0 Å². The predicted octanol–water partition coefficient (Wildman–Crippen LogP) is 3.42. The number of Topliss-reactive ketones (excluding diaryl/α,β-unsaturated/α-hetero) is 1. The van der Waals surface area contributed by atoms with E-state index in [1.807, 2.05) is 48.5 Å². The van der Waals surface area contributed by atoms with Crippen LogP contribution >= 0.6 is 0 Å². The van der Waals surface area contributed by atoms with E-state index in [-0.39, 0.29) is 11.7 Å². The highest BCUT2D eigenvalue weighted by molar-refractivity contribution is 5.95. The van der Waals surface area contributed by atoms with Crippen molar-refractivity contribution < 1.29 is 14.0 Å². The predicted molar refractivity (Wildman–Crippen MR) is 90.9 cm³/mol. The summed E-state index contributed by atoms with van der Waals surface area (Å²) in [5.41, 5.74) is 3.54. The van der Waals surface area contributed by atoms with Gasteiger partial charge in [0.1, 0.15) is 17.1 Å². The van der Waals surface area contributed by atoms with Gasteiger partial charge in [0.15, 0.2) is 0 Å². The molecule has 1 N–H and O–H groups in total. The van der Waals surface area contributed by atoms with E-state index in [1.54, 1.807) is 0 Å². The Labute approximate surface area is 139 Å². The Bertz CT molecular complexity index is 906. The number of amides is 1. The lowest BCUT2D eigenvalue weighted by molar-refractivity contribution is -0.118. The number of carbonyl (C=O) groups excluding carboxylic acids is 2. The van der Waals surface area contributed by atoms with E-state index >= 15 is 0 Å². The van der Waals surface area contributed by atoms with Gasteiger partial charge in [0.25, 0.3) is 5.91 Å². The summed E-state index contributed by atoms with van der Waals surface area (Å²) in [4.78, 5) is 24.0. The van der Waals surface area contributed by atoms with Gasteiger partial charge >= 0.3 is 0 Å². The molecule has 0 aliphatic heterocycles. The van der Waals surface area contributed by atoms with E-state index in [9.17, 15) is 9.59 Å². The van der Waals surface area contributed by atoms with Crippen LogP contribution in [0.25, 0.3) is 11.0 Å². The largest absolute Gasteiger partial charge is 0.459 e. The first kappa shape index (κ1) is 14.7. The van der Waals surface area contributed by atoms with Crippen molar-refractivity contribution in [2.75, 3.05) is 0 Å². The van der Waals surface area contributed by atoms with Crippen molar-refractivity contribution >= 4 is 22.7 Å². The Morgan fingerprint density at radius 3 is 2.79 bits per heavy atom. The van der Waals surface area contributed by atoms with Gasteiger partial charge in [0.2, 0.25) is 0 Å². The standard InChI is InChI=1S/C20H17NO3/c22-17-8-7-13-5-6-15(9-16(13)10-17)20(23)21-12-18-11-14-3-1-2-4-19(14)24-18/h1-6,9,11H,7-8,10,12H2,(H,21,23). The van der Waals surface area contributed by atoms with Crippen molar-refractivity contribution in [3.8, 4) is 0 Å². The van der Waals surface area contributed by atoms with Gasteiger partial charge in [-0.3, -0.25) is 9.59 Å². The fourth-order valence-electron chi connectivity index (χ4n) is 3.14. The average molecular weight is 319 g/mol. The van der Waals surface area contributed by atoms with Gasteiger partial charge in [0, 0.05) is 23.8 Å². The van der Waals surface area contributed by atoms with E-state index in [4.69, 9.17) is 4.42 Å². The smallest absolute Gasteiger partial charge is 0.251 e. The van der Waals surface area contributed by atoms with E-state index in [0.29, 0.717) is 24.9 Å². The molecule has 0 bridgehead atoms. The van der Waals surface area contributed by atoms with Crippen LogP contribution in [0.3, 0.4) is 0 Å². The number of hydrogen-bond acceptors (Lipinski definition) is 3. The van der Waals surface area contributed by atoms with Crippen LogP contribution in [-0.4, -0.2) is 11.7 Å². The summed E-state index contributed by atoms with van der Waals surface area (Å²) in [5.74, 6) is 0.802. The van der Waals surface area contributed by atoms with E-state index in [0.717, 1.165) is 28.7 Å². The molecule has 0 fully saturated rings. The lowest BCUT2D eigenvalue weighted by Gasteiger charge is -2.15. The van der Waals surface area contributed by atoms with Crippen molar-refractivity contribution in [3.63, 3.8) is 0 Å². The molecule has 1 aromatic heterocycles. The average Bonchev–Trinajstić information content (AvgIpc) is 3.02. The van der Waals surface area contributed by atoms with Crippen molar-refractivity contribution in [2.24, 2.45) is 0 Å². The molecule has 4 nitrogen and oxygen atoms in total. The molecule has 0 radical (unpaired) electrons. The molecule has 3 aromatic rings. The van der Waals surface area contributed by atoms with E-state index in [1.165, 1.54) is 5.56 Å². The number of benzene rings is 2. The fourth-order valence-corrected chi connectivity index (χ4v) is 3.14. The highest BCUT2D eigenvalue weighted by Gasteiger charge is 2.17. The number of furan rings is 1. The van der Waals surface area contributed by atoms with E-state index < -0.39 is 0 Å². The second kappa shape index (κ2) is 5.96. The van der Waals surface area contributed by atoms with Gasteiger partial charge in [-0.15, -0.1) is 0 Å². The van der Waals surface area contributed by atoms with Crippen LogP contribution in [0.1, 0.15) is 33.7 Å². The topological polar surface area (TPSA) is 59.3 Å². The minimum Gasteiger partial charge on any atom is -0.459 e. The number of aryl methyl sites for hydroxylation is 1. The Hall–Kier alpha value is -2.88. The summed E-state index contributed by atoms with van der Waals surface area (Å²) in [6.07, 6.45) is 1.81. The molecule has 1 amide bonds. The van der Waals surface area contributed by atoms with Crippen molar-refractivity contribution in [3.05, 3.63) is 71.0 Å². The zero-order valence-electron chi connectivity index (χ0n) is 13.2. The summed E-state index contributed by atoms with van der Waals surface area (Å²) < 4.78 is 5.70. The zero-order chi connectivity index (χ0) is 16.5. The van der Waals surface area contributed by atoms with Gasteiger partial charge in [-0.1, -0.05) is 24.3 Å². The van der Waals surface area contributed by atoms with Gasteiger partial charge in [-0.25, -0.2) is 0 Å². The monoisotopic (exact) mass is 319 g/mol. The van der Waals surface area contributed by atoms with Crippen molar-refractivity contribution in [1.29, 1.82) is 0 Å². The number of fused-ring (bicyclic) bond motifs is 2. The normalized spacial score (nSPS) is 13.8. The lowest BCUT2D eigenvalue weighted by Crippen LogP contribution is -2.23. The molecule has 120 valence electrons. The highest BCUT2D eigenvalue weighted by atomic mass is 16.3. The third kappa shape index (κ3) is 2.83. The molecule has 2 aromatic carbocycles. The number of nitrogens with one attached hydrogen (secondary N) is 1. The SMILES string of the molecule is O=C1CCc2ccc(C(=O)NCc3cc4ccccc4o3)cc2C1. The fraction of sp³-hybridized carbons (Fsp3) is 0.200. The lowest BCUT2D eigenvalue weighted by atomic mass is 9.89. The van der Waals surface area contributed by atoms with E-state index in [2.05, 4.69) is 5.32 Å². The maximum atomic E-state index is 12.4. The molecule has 0 atom stereocenters. The molecule has 4 rings (SSSR count). The summed E-state index contributed by atoms with van der Waals surface area (Å²) in [6, 6.07) is 15.3. The zero-order valence-corrected chi connectivity index (χ0v) is 13.2. The molecule has 24 heavy (non-hydrogen) atoms. The minimum absolute atomic E-state index is 0.156. The first-order chi connectivity index (χ1) is 11.7. The minimum atomic E-state index is -0.156. The van der Waals surface area contributed by atoms with Crippen LogP contribution in [0, 0.1) is 0 Å². The second-order valence-electron chi connectivity index (χ2n) is 6.13. The van der Waals surface area contributed by atoms with Crippen LogP contribution in [-0.2, 0) is 24.2 Å². The summed E-state index contributed by atoms with van der Waals surface area (Å²) in [5, 5.41) is 3.90. The molecular weight excluding hydrogens is 302 g/mol. The molecule has 1 aliphatic rings. The molecule has 0 spiro atoms. The third-order valence-corrected chi connectivity index (χ3v) is 4.43. The summed E-state index contributed by atoms with van der Waals surface area (Å²) in [7, 11) is 0. The molecule has 1 heterocycles. The van der Waals surface area contributed by atoms with Crippen LogP contribution in [0.5, 0.6) is 0 Å². The molecule has 1 aliphatic carbocycles. The number of rotatable bonds is 3. The highest BCUT2D eigenvalue weighted by Crippen LogP contribution is 2.21. The summed E-state index contributed by atoms with van der Waals surface area (Å²) in [6.45, 7) is 0.337. The van der Waals surface area contributed by atoms with Crippen LogP contribution in [0.15, 0.2) is 52.9 Å². The van der Waals surface area contributed by atoms with Crippen molar-refractivity contribution in [1.82, 2.24) is 5.32 Å².